The molecule has 2 N–H and O–H groups in total. The monoisotopic (exact) mass is 500 g/mol. The number of hydrogen-bond acceptors (Lipinski definition) is 7. The Labute approximate surface area is 219 Å². The van der Waals surface area contributed by atoms with Gasteiger partial charge in [0, 0.05) is 35.4 Å². The van der Waals surface area contributed by atoms with Gasteiger partial charge in [0.1, 0.15) is 0 Å². The molecule has 5 aromatic rings. The molecule has 0 fully saturated rings. The molecule has 0 unspecified atom stereocenters. The maximum absolute atomic E-state index is 11.9. The van der Waals surface area contributed by atoms with E-state index in [1.165, 1.54) is 0 Å². The van der Waals surface area contributed by atoms with Crippen LogP contribution in [0.5, 0.6) is 0 Å². The maximum atomic E-state index is 11.9. The second-order valence-corrected chi connectivity index (χ2v) is 8.35. The smallest absolute Gasteiger partial charge is 0.276 e. The van der Waals surface area contributed by atoms with Crippen LogP contribution in [0.1, 0.15) is 11.1 Å². The van der Waals surface area contributed by atoms with Gasteiger partial charge in [-0.3, -0.25) is 9.78 Å². The molecule has 3 aromatic carbocycles. The van der Waals surface area contributed by atoms with Crippen molar-refractivity contribution in [2.45, 2.75) is 6.92 Å². The van der Waals surface area contributed by atoms with Crippen molar-refractivity contribution in [1.29, 1.82) is 0 Å². The van der Waals surface area contributed by atoms with Crippen molar-refractivity contribution >= 4 is 39.9 Å². The van der Waals surface area contributed by atoms with E-state index in [4.69, 9.17) is 9.83 Å². The number of aryl methyl sites for hydroxylation is 1. The molecule has 5 rings (SSSR count). The number of fused-ring (bicyclic) bond motifs is 1. The van der Waals surface area contributed by atoms with E-state index < -0.39 is 5.91 Å². The molecule has 0 atom stereocenters. The third-order valence-electron chi connectivity index (χ3n) is 5.76. The minimum Gasteiger partial charge on any atom is -0.358 e. The molecular weight excluding hydrogens is 476 g/mol. The van der Waals surface area contributed by atoms with Gasteiger partial charge in [-0.25, -0.2) is 15.0 Å². The molecule has 8 nitrogen and oxygen atoms in total. The van der Waals surface area contributed by atoms with E-state index in [2.05, 4.69) is 32.3 Å². The van der Waals surface area contributed by atoms with E-state index in [0.29, 0.717) is 11.6 Å². The van der Waals surface area contributed by atoms with Crippen molar-refractivity contribution in [1.82, 2.24) is 20.4 Å². The molecule has 0 spiro atoms. The van der Waals surface area contributed by atoms with Gasteiger partial charge in [-0.1, -0.05) is 49.0 Å². The van der Waals surface area contributed by atoms with E-state index >= 15 is 0 Å². The molecule has 0 aliphatic heterocycles. The van der Waals surface area contributed by atoms with Crippen molar-refractivity contribution in [3.63, 3.8) is 0 Å². The lowest BCUT2D eigenvalue weighted by atomic mass is 10.0. The van der Waals surface area contributed by atoms with E-state index in [9.17, 15) is 4.79 Å². The Balaban J connectivity index is 1.50. The summed E-state index contributed by atoms with van der Waals surface area (Å²) in [4.78, 5) is 35.4. The highest BCUT2D eigenvalue weighted by molar-refractivity contribution is 6.08. The number of amides is 1. The Morgan fingerprint density at radius 1 is 1.00 bits per heavy atom. The maximum Gasteiger partial charge on any atom is 0.276 e. The first-order chi connectivity index (χ1) is 18.6. The van der Waals surface area contributed by atoms with Crippen LogP contribution in [-0.2, 0) is 9.63 Å². The van der Waals surface area contributed by atoms with Gasteiger partial charge in [0.15, 0.2) is 0 Å². The van der Waals surface area contributed by atoms with Gasteiger partial charge in [0.25, 0.3) is 11.8 Å². The van der Waals surface area contributed by atoms with Gasteiger partial charge in [0.05, 0.1) is 11.4 Å². The molecule has 0 aliphatic carbocycles. The highest BCUT2D eigenvalue weighted by atomic mass is 16.7. The number of pyridine rings is 1. The molecule has 186 valence electrons. The Hall–Kier alpha value is -5.37. The topological polar surface area (TPSA) is 101 Å². The van der Waals surface area contributed by atoms with E-state index in [0.717, 1.165) is 44.9 Å². The number of nitrogens with one attached hydrogen (secondary N) is 2. The molecule has 8 heteroatoms. The number of rotatable bonds is 6. The summed E-state index contributed by atoms with van der Waals surface area (Å²) < 4.78 is 0. The average molecular weight is 501 g/mol. The zero-order chi connectivity index (χ0) is 26.3. The van der Waals surface area contributed by atoms with Crippen LogP contribution in [0.25, 0.3) is 22.0 Å². The molecule has 2 heterocycles. The lowest BCUT2D eigenvalue weighted by molar-refractivity contribution is -0.123. The first kappa shape index (κ1) is 24.3. The summed E-state index contributed by atoms with van der Waals surface area (Å²) in [5, 5.41) is 5.25. The summed E-state index contributed by atoms with van der Waals surface area (Å²) in [5.74, 6) is 0.204. The first-order valence-corrected chi connectivity index (χ1v) is 11.9. The van der Waals surface area contributed by atoms with Crippen molar-refractivity contribution in [2.75, 3.05) is 5.32 Å². The molecule has 0 bridgehead atoms. The number of nitrogens with zero attached hydrogens (tertiary/aromatic N) is 4. The lowest BCUT2D eigenvalue weighted by Crippen LogP contribution is -2.25. The fourth-order valence-electron chi connectivity index (χ4n) is 3.84. The molecule has 0 aliphatic rings. The van der Waals surface area contributed by atoms with Gasteiger partial charge in [-0.05, 0) is 65.7 Å². The zero-order valence-electron chi connectivity index (χ0n) is 20.6. The highest BCUT2D eigenvalue weighted by Crippen LogP contribution is 2.27. The molecule has 0 radical (unpaired) electrons. The van der Waals surface area contributed by atoms with E-state index in [1.54, 1.807) is 18.6 Å². The predicted octanol–water partition coefficient (Wildman–Crippen LogP) is 6.06. The number of hydrogen-bond donors (Lipinski definition) is 2. The molecule has 1 amide bonds. The van der Waals surface area contributed by atoms with E-state index in [1.807, 2.05) is 85.8 Å². The lowest BCUT2D eigenvalue weighted by Gasteiger charge is -2.13. The molecular formula is C30H24N6O2. The van der Waals surface area contributed by atoms with Crippen LogP contribution in [0.3, 0.4) is 0 Å². The second kappa shape index (κ2) is 11.1. The summed E-state index contributed by atoms with van der Waals surface area (Å²) >= 11 is 0. The van der Waals surface area contributed by atoms with Gasteiger partial charge in [-0.2, -0.15) is 5.48 Å². The Kier molecular flexibility index (Phi) is 7.13. The number of aliphatic imine (C=N–C) groups is 1. The quantitative estimate of drug-likeness (QED) is 0.127. The molecule has 2 aromatic heterocycles. The molecule has 0 saturated carbocycles. The van der Waals surface area contributed by atoms with Gasteiger partial charge >= 0.3 is 0 Å². The summed E-state index contributed by atoms with van der Waals surface area (Å²) in [6.45, 7) is 5.46. The van der Waals surface area contributed by atoms with Crippen LogP contribution < -0.4 is 10.8 Å². The van der Waals surface area contributed by atoms with Crippen molar-refractivity contribution < 1.29 is 9.63 Å². The van der Waals surface area contributed by atoms with Crippen molar-refractivity contribution in [3.8, 4) is 11.3 Å². The van der Waals surface area contributed by atoms with Gasteiger partial charge in [-0.15, -0.1) is 0 Å². The Bertz CT molecular complexity index is 1640. The summed E-state index contributed by atoms with van der Waals surface area (Å²) in [5.41, 5.74) is 7.12. The summed E-state index contributed by atoms with van der Waals surface area (Å²) in [6.07, 6.45) is 6.31. The third-order valence-corrected chi connectivity index (χ3v) is 5.76. The number of benzene rings is 3. The number of carbonyl (C=O) groups is 1. The zero-order valence-corrected chi connectivity index (χ0v) is 20.6. The number of hydroxylamine groups is 1. The highest BCUT2D eigenvalue weighted by Gasteiger charge is 2.13. The van der Waals surface area contributed by atoms with Crippen molar-refractivity contribution in [2.24, 2.45) is 4.99 Å². The molecule has 0 saturated heterocycles. The van der Waals surface area contributed by atoms with Crippen LogP contribution in [0.15, 0.2) is 115 Å². The van der Waals surface area contributed by atoms with Crippen molar-refractivity contribution in [3.05, 3.63) is 121 Å². The van der Waals surface area contributed by atoms with E-state index in [-0.39, 0.29) is 5.90 Å². The number of anilines is 2. The van der Waals surface area contributed by atoms with Crippen LogP contribution in [0, 0.1) is 6.92 Å². The first-order valence-electron chi connectivity index (χ1n) is 11.9. The van der Waals surface area contributed by atoms with Gasteiger partial charge < -0.3 is 10.2 Å². The van der Waals surface area contributed by atoms with Crippen LogP contribution in [0.4, 0.5) is 17.3 Å². The van der Waals surface area contributed by atoms with Crippen LogP contribution in [-0.4, -0.2) is 26.8 Å². The summed E-state index contributed by atoms with van der Waals surface area (Å²) in [6, 6.07) is 25.0. The fourth-order valence-corrected chi connectivity index (χ4v) is 3.84. The second-order valence-electron chi connectivity index (χ2n) is 8.35. The molecule has 38 heavy (non-hydrogen) atoms. The normalized spacial score (nSPS) is 11.1. The Morgan fingerprint density at radius 2 is 1.87 bits per heavy atom. The standard InChI is InChI=1S/C30H24N6O2/c1-3-28(37)36-38-29(25-12-6-9-21-8-4-5-11-24(21)25)33-23-14-13-20(2)27(18-23)35-30-32-17-15-26(34-30)22-10-7-16-31-19-22/h3-19H,1H2,2H3,(H,36,37)(H,32,34,35). The average Bonchev–Trinajstić information content (AvgIpc) is 2.97. The minimum atomic E-state index is -0.477. The van der Waals surface area contributed by atoms with Crippen LogP contribution in [0.2, 0.25) is 0 Å². The number of aromatic nitrogens is 3. The Morgan fingerprint density at radius 3 is 2.71 bits per heavy atom. The SMILES string of the molecule is C=CC(=O)NOC(=Nc1ccc(C)c(Nc2nccc(-c3cccnc3)n2)c1)c1cccc2ccccc12. The largest absolute Gasteiger partial charge is 0.358 e. The third kappa shape index (κ3) is 5.55. The fraction of sp³-hybridized carbons (Fsp3) is 0.0333. The predicted molar refractivity (Wildman–Crippen MR) is 149 cm³/mol. The summed E-state index contributed by atoms with van der Waals surface area (Å²) in [7, 11) is 0. The van der Waals surface area contributed by atoms with Crippen LogP contribution >= 0.6 is 0 Å². The minimum absolute atomic E-state index is 0.238. The number of carbonyl (C=O) groups excluding carboxylic acids is 1. The van der Waals surface area contributed by atoms with Gasteiger partial charge in [0.2, 0.25) is 5.95 Å².